The van der Waals surface area contributed by atoms with E-state index in [4.69, 9.17) is 0 Å². The third-order valence-electron chi connectivity index (χ3n) is 2.35. The summed E-state index contributed by atoms with van der Waals surface area (Å²) in [4.78, 5) is 0. The third-order valence-corrected chi connectivity index (χ3v) is 7.49. The fraction of sp³-hybridized carbons (Fsp3) is 1.00. The molecule has 2 heteroatoms. The van der Waals surface area contributed by atoms with E-state index in [1.54, 1.807) is 0 Å². The molecule has 0 saturated carbocycles. The summed E-state index contributed by atoms with van der Waals surface area (Å²) in [5.74, 6) is 0. The Labute approximate surface area is 103 Å². The molecule has 0 spiro atoms. The van der Waals surface area contributed by atoms with Crippen LogP contribution in [0.1, 0.15) is 55.4 Å². The van der Waals surface area contributed by atoms with Crippen LogP contribution in [0.4, 0.5) is 0 Å². The van der Waals surface area contributed by atoms with Crippen molar-refractivity contribution in [1.82, 2.24) is 0 Å². The summed E-state index contributed by atoms with van der Waals surface area (Å²) in [6.07, 6.45) is 1.42. The molecule has 0 rings (SSSR count). The summed E-state index contributed by atoms with van der Waals surface area (Å²) >= 11 is 2.14. The Balaban J connectivity index is 4.18. The predicted molar refractivity (Wildman–Crippen MR) is 78.9 cm³/mol. The number of hydrogen-bond acceptors (Lipinski definition) is 1. The molecule has 0 fully saturated rings. The fourth-order valence-corrected chi connectivity index (χ4v) is 6.61. The highest BCUT2D eigenvalue weighted by Crippen LogP contribution is 2.48. The molecule has 0 bridgehead atoms. The van der Waals surface area contributed by atoms with Crippen molar-refractivity contribution >= 4 is 19.7 Å². The Bertz CT molecular complexity index is 162. The van der Waals surface area contributed by atoms with Crippen molar-refractivity contribution in [3.05, 3.63) is 0 Å². The van der Waals surface area contributed by atoms with E-state index < -0.39 is 0 Å². The molecule has 0 saturated heterocycles. The van der Waals surface area contributed by atoms with Crippen LogP contribution in [0, 0.1) is 0 Å². The zero-order valence-electron chi connectivity index (χ0n) is 11.8. The van der Waals surface area contributed by atoms with Crippen molar-refractivity contribution in [1.29, 1.82) is 0 Å². The van der Waals surface area contributed by atoms with Gasteiger partial charge in [0.05, 0.1) is 0 Å². The first-order valence-electron chi connectivity index (χ1n) is 6.07. The molecular weight excluding hydrogens is 219 g/mol. The van der Waals surface area contributed by atoms with Crippen LogP contribution in [0.25, 0.3) is 0 Å². The van der Waals surface area contributed by atoms with Gasteiger partial charge in [-0.1, -0.05) is 55.4 Å². The molecule has 0 radical (unpaired) electrons. The van der Waals surface area contributed by atoms with Gasteiger partial charge in [-0.2, -0.15) is 11.8 Å². The highest BCUT2D eigenvalue weighted by Gasteiger charge is 2.22. The Hall–Kier alpha value is 0.780. The van der Waals surface area contributed by atoms with Crippen molar-refractivity contribution in [2.24, 2.45) is 0 Å². The van der Waals surface area contributed by atoms with Crippen LogP contribution in [0.15, 0.2) is 0 Å². The van der Waals surface area contributed by atoms with Gasteiger partial charge < -0.3 is 0 Å². The summed E-state index contributed by atoms with van der Waals surface area (Å²) in [7, 11) is 0.208. The molecule has 0 aliphatic heterocycles. The molecule has 0 aromatic rings. The van der Waals surface area contributed by atoms with Gasteiger partial charge in [0.25, 0.3) is 0 Å². The summed E-state index contributed by atoms with van der Waals surface area (Å²) in [6.45, 7) is 18.9. The van der Waals surface area contributed by atoms with E-state index in [-0.39, 0.29) is 7.92 Å². The second-order valence-corrected chi connectivity index (χ2v) is 11.6. The van der Waals surface area contributed by atoms with Crippen LogP contribution < -0.4 is 0 Å². The van der Waals surface area contributed by atoms with Crippen molar-refractivity contribution in [2.45, 2.75) is 76.7 Å². The van der Waals surface area contributed by atoms with E-state index in [0.29, 0.717) is 4.75 Å². The van der Waals surface area contributed by atoms with E-state index in [2.05, 4.69) is 67.2 Å². The molecule has 0 aliphatic carbocycles. The molecule has 0 aromatic heterocycles. The maximum atomic E-state index is 2.40. The molecule has 0 nitrogen and oxygen atoms in total. The van der Waals surface area contributed by atoms with E-state index in [1.807, 2.05) is 0 Å². The van der Waals surface area contributed by atoms with Crippen molar-refractivity contribution in [3.8, 4) is 0 Å². The normalized spacial score (nSPS) is 15.4. The van der Waals surface area contributed by atoms with Crippen molar-refractivity contribution < 1.29 is 0 Å². The van der Waals surface area contributed by atoms with Gasteiger partial charge in [0.1, 0.15) is 0 Å². The van der Waals surface area contributed by atoms with Crippen LogP contribution in [0.2, 0.25) is 0 Å². The quantitative estimate of drug-likeness (QED) is 0.602. The average Bonchev–Trinajstić information content (AvgIpc) is 1.95. The van der Waals surface area contributed by atoms with Gasteiger partial charge in [-0.05, 0) is 17.5 Å². The molecule has 0 N–H and O–H groups in total. The number of thioether (sulfide) groups is 1. The van der Waals surface area contributed by atoms with Gasteiger partial charge in [0.2, 0.25) is 0 Å². The second-order valence-electron chi connectivity index (χ2n) is 5.93. The first kappa shape index (κ1) is 15.8. The van der Waals surface area contributed by atoms with Crippen LogP contribution in [0.3, 0.4) is 0 Å². The number of rotatable bonds is 5. The summed E-state index contributed by atoms with van der Waals surface area (Å²) in [5.41, 5.74) is 1.76. The first-order chi connectivity index (χ1) is 6.63. The van der Waals surface area contributed by atoms with Crippen LogP contribution >= 0.6 is 19.7 Å². The summed E-state index contributed by atoms with van der Waals surface area (Å²) < 4.78 is 0.411. The minimum atomic E-state index is 0.208. The van der Waals surface area contributed by atoms with Crippen LogP contribution in [-0.2, 0) is 0 Å². The van der Waals surface area contributed by atoms with Crippen molar-refractivity contribution in [3.63, 3.8) is 0 Å². The molecular formula is C13H29PS. The third kappa shape index (κ3) is 7.64. The molecule has 15 heavy (non-hydrogen) atoms. The summed E-state index contributed by atoms with van der Waals surface area (Å²) in [5, 5.41) is 0.806. The smallest absolute Gasteiger partial charge is 0.00779 e. The Morgan fingerprint density at radius 3 is 1.60 bits per heavy atom. The van der Waals surface area contributed by atoms with E-state index in [0.717, 1.165) is 16.6 Å². The molecule has 1 atom stereocenters. The van der Waals surface area contributed by atoms with E-state index in [1.165, 1.54) is 6.16 Å². The Kier molecular flexibility index (Phi) is 6.84. The lowest BCUT2D eigenvalue weighted by Crippen LogP contribution is -2.19. The van der Waals surface area contributed by atoms with Gasteiger partial charge in [-0.25, -0.2) is 0 Å². The number of hydrogen-bond donors (Lipinski definition) is 0. The Morgan fingerprint density at radius 2 is 1.33 bits per heavy atom. The molecule has 0 aliphatic rings. The lowest BCUT2D eigenvalue weighted by Gasteiger charge is -2.31. The second kappa shape index (κ2) is 6.50. The Morgan fingerprint density at radius 1 is 0.933 bits per heavy atom. The maximum absolute atomic E-state index is 2.40. The maximum Gasteiger partial charge on any atom is 0.00779 e. The van der Waals surface area contributed by atoms with Gasteiger partial charge >= 0.3 is 0 Å². The van der Waals surface area contributed by atoms with E-state index >= 15 is 0 Å². The van der Waals surface area contributed by atoms with E-state index in [9.17, 15) is 0 Å². The summed E-state index contributed by atoms with van der Waals surface area (Å²) in [6, 6.07) is 0. The highest BCUT2D eigenvalue weighted by molar-refractivity contribution is 8.01. The van der Waals surface area contributed by atoms with Gasteiger partial charge in [0, 0.05) is 10.00 Å². The zero-order valence-corrected chi connectivity index (χ0v) is 13.5. The minimum Gasteiger partial charge on any atom is -0.153 e. The standard InChI is InChI=1S/C13H29PS/c1-10(2)14(11(3)4)9-12(5)15-13(6,7)8/h10-12H,9H2,1-8H3. The van der Waals surface area contributed by atoms with Gasteiger partial charge in [-0.3, -0.25) is 0 Å². The van der Waals surface area contributed by atoms with Gasteiger partial charge in [0.15, 0.2) is 0 Å². The zero-order chi connectivity index (χ0) is 12.2. The molecule has 0 heterocycles. The topological polar surface area (TPSA) is 0 Å². The monoisotopic (exact) mass is 248 g/mol. The molecule has 0 amide bonds. The molecule has 92 valence electrons. The lowest BCUT2D eigenvalue weighted by molar-refractivity contribution is 0.795. The minimum absolute atomic E-state index is 0.208. The predicted octanol–water partition coefficient (Wildman–Crippen LogP) is 5.21. The molecule has 1 unspecified atom stereocenters. The highest BCUT2D eigenvalue weighted by atomic mass is 32.2. The van der Waals surface area contributed by atoms with Crippen LogP contribution in [0.5, 0.6) is 0 Å². The fourth-order valence-electron chi connectivity index (χ4n) is 1.96. The average molecular weight is 248 g/mol. The van der Waals surface area contributed by atoms with Gasteiger partial charge in [-0.15, -0.1) is 7.92 Å². The largest absolute Gasteiger partial charge is 0.153 e. The SMILES string of the molecule is CC(CP(C(C)C)C(C)C)SC(C)(C)C. The first-order valence-corrected chi connectivity index (χ1v) is 8.61. The lowest BCUT2D eigenvalue weighted by atomic mass is 10.3. The van der Waals surface area contributed by atoms with Crippen molar-refractivity contribution in [2.75, 3.05) is 6.16 Å². The van der Waals surface area contributed by atoms with Crippen LogP contribution in [-0.4, -0.2) is 27.5 Å². The molecule has 0 aromatic carbocycles.